The van der Waals surface area contributed by atoms with E-state index in [-0.39, 0.29) is 11.3 Å². The molecule has 0 unspecified atom stereocenters. The predicted molar refractivity (Wildman–Crippen MR) is 121 cm³/mol. The van der Waals surface area contributed by atoms with Crippen molar-refractivity contribution in [2.45, 2.75) is 18.3 Å². The molecule has 0 bridgehead atoms. The fourth-order valence-electron chi connectivity index (χ4n) is 4.20. The van der Waals surface area contributed by atoms with Crippen LogP contribution in [0.2, 0.25) is 0 Å². The molecule has 0 aliphatic carbocycles. The van der Waals surface area contributed by atoms with Crippen LogP contribution in [0, 0.1) is 0 Å². The molecule has 31 heavy (non-hydrogen) atoms. The Hall–Kier alpha value is -3.52. The number of anilines is 2. The van der Waals surface area contributed by atoms with Crippen LogP contribution in [0.1, 0.15) is 34.6 Å². The minimum Gasteiger partial charge on any atom is -0.337 e. The molecule has 7 nitrogen and oxygen atoms in total. The highest BCUT2D eigenvalue weighted by Gasteiger charge is 2.41. The number of nitrogens with one attached hydrogen (secondary N) is 2. The van der Waals surface area contributed by atoms with E-state index in [2.05, 4.69) is 50.4 Å². The highest BCUT2D eigenvalue weighted by molar-refractivity contribution is 7.13. The van der Waals surface area contributed by atoms with Gasteiger partial charge >= 0.3 is 0 Å². The third-order valence-electron chi connectivity index (χ3n) is 5.88. The Morgan fingerprint density at radius 3 is 2.42 bits per heavy atom. The quantitative estimate of drug-likeness (QED) is 0.495. The third kappa shape index (κ3) is 3.82. The normalized spacial score (nSPS) is 15.5. The lowest BCUT2D eigenvalue weighted by Crippen LogP contribution is -2.46. The number of piperidine rings is 1. The number of carbonyl (C=O) groups is 1. The van der Waals surface area contributed by atoms with Gasteiger partial charge in [0.2, 0.25) is 0 Å². The molecule has 2 N–H and O–H groups in total. The van der Waals surface area contributed by atoms with Crippen molar-refractivity contribution >= 4 is 28.1 Å². The molecule has 3 heterocycles. The van der Waals surface area contributed by atoms with Gasteiger partial charge in [-0.05, 0) is 30.5 Å². The van der Waals surface area contributed by atoms with Crippen molar-refractivity contribution in [1.82, 2.24) is 25.3 Å². The molecule has 0 spiro atoms. The Labute approximate surface area is 184 Å². The lowest BCUT2D eigenvalue weighted by molar-refractivity contribution is 0.0678. The van der Waals surface area contributed by atoms with Crippen LogP contribution >= 0.6 is 11.3 Å². The molecule has 1 aliphatic rings. The lowest BCUT2D eigenvalue weighted by Gasteiger charge is -2.41. The number of rotatable bonds is 5. The number of aromatic amines is 1. The maximum atomic E-state index is 12.7. The minimum atomic E-state index is -0.227. The van der Waals surface area contributed by atoms with Gasteiger partial charge in [0, 0.05) is 29.6 Å². The van der Waals surface area contributed by atoms with E-state index < -0.39 is 0 Å². The number of nitrogens with zero attached hydrogens (tertiary/aromatic N) is 4. The summed E-state index contributed by atoms with van der Waals surface area (Å²) in [7, 11) is 0. The number of H-pyrrole nitrogens is 1. The van der Waals surface area contributed by atoms with E-state index >= 15 is 0 Å². The van der Waals surface area contributed by atoms with Gasteiger partial charge in [0.05, 0.1) is 11.9 Å². The molecule has 4 aromatic rings. The standard InChI is InChI=1S/C23H22N6OS/c30-21(19-15-24-28-27-19)29-13-11-23(12-14-29,17-7-3-1-4-8-17)20-16-31-22(26-20)25-18-9-5-2-6-10-18/h1-10,15-16H,11-14H2,(H,25,26)(H,24,27,28). The van der Waals surface area contributed by atoms with Crippen LogP contribution < -0.4 is 5.32 Å². The molecule has 8 heteroatoms. The summed E-state index contributed by atoms with van der Waals surface area (Å²) in [6, 6.07) is 20.6. The zero-order valence-corrected chi connectivity index (χ0v) is 17.7. The van der Waals surface area contributed by atoms with Crippen LogP contribution in [0.25, 0.3) is 0 Å². The van der Waals surface area contributed by atoms with Crippen molar-refractivity contribution in [3.63, 3.8) is 0 Å². The van der Waals surface area contributed by atoms with Gasteiger partial charge in [0.1, 0.15) is 0 Å². The second-order valence-corrected chi connectivity index (χ2v) is 8.48. The first kappa shape index (κ1) is 19.4. The molecule has 5 rings (SSSR count). The van der Waals surface area contributed by atoms with Gasteiger partial charge < -0.3 is 10.2 Å². The van der Waals surface area contributed by atoms with Crippen LogP contribution in [0.5, 0.6) is 0 Å². The second-order valence-electron chi connectivity index (χ2n) is 7.62. The highest BCUT2D eigenvalue weighted by Crippen LogP contribution is 2.43. The molecule has 1 saturated heterocycles. The van der Waals surface area contributed by atoms with E-state index in [1.807, 2.05) is 41.3 Å². The van der Waals surface area contributed by atoms with Crippen LogP contribution in [0.15, 0.2) is 72.2 Å². The number of amides is 1. The summed E-state index contributed by atoms with van der Waals surface area (Å²) in [5.41, 5.74) is 3.44. The maximum absolute atomic E-state index is 12.7. The van der Waals surface area contributed by atoms with E-state index in [9.17, 15) is 4.79 Å². The number of benzene rings is 2. The molecule has 156 valence electrons. The molecule has 2 aromatic carbocycles. The van der Waals surface area contributed by atoms with Gasteiger partial charge in [-0.15, -0.1) is 11.3 Å². The fourth-order valence-corrected chi connectivity index (χ4v) is 5.03. The summed E-state index contributed by atoms with van der Waals surface area (Å²) >= 11 is 1.61. The minimum absolute atomic E-state index is 0.0832. The summed E-state index contributed by atoms with van der Waals surface area (Å²) < 4.78 is 0. The molecule has 0 saturated carbocycles. The molecule has 0 atom stereocenters. The number of hydrogen-bond donors (Lipinski definition) is 2. The summed E-state index contributed by atoms with van der Waals surface area (Å²) in [6.07, 6.45) is 3.08. The van der Waals surface area contributed by atoms with Gasteiger partial charge in [0.15, 0.2) is 10.8 Å². The Bertz CT molecular complexity index is 1140. The fraction of sp³-hybridized carbons (Fsp3) is 0.217. The highest BCUT2D eigenvalue weighted by atomic mass is 32.1. The number of likely N-dealkylation sites (tertiary alicyclic amines) is 1. The molecular weight excluding hydrogens is 408 g/mol. The van der Waals surface area contributed by atoms with Crippen molar-refractivity contribution in [3.8, 4) is 0 Å². The summed E-state index contributed by atoms with van der Waals surface area (Å²) in [4.78, 5) is 19.6. The molecule has 0 radical (unpaired) electrons. The average Bonchev–Trinajstić information content (AvgIpc) is 3.53. The van der Waals surface area contributed by atoms with Gasteiger partial charge in [-0.2, -0.15) is 15.4 Å². The summed E-state index contributed by atoms with van der Waals surface area (Å²) in [5.74, 6) is -0.0832. The first-order chi connectivity index (χ1) is 15.2. The van der Waals surface area contributed by atoms with E-state index in [0.717, 1.165) is 29.4 Å². The lowest BCUT2D eigenvalue weighted by atomic mass is 9.70. The van der Waals surface area contributed by atoms with Crippen LogP contribution in [0.4, 0.5) is 10.8 Å². The monoisotopic (exact) mass is 430 g/mol. The van der Waals surface area contributed by atoms with Crippen LogP contribution in [0.3, 0.4) is 0 Å². The number of carbonyl (C=O) groups excluding carboxylic acids is 1. The molecule has 1 fully saturated rings. The largest absolute Gasteiger partial charge is 0.337 e. The predicted octanol–water partition coefficient (Wildman–Crippen LogP) is 4.23. The van der Waals surface area contributed by atoms with Crippen molar-refractivity contribution < 1.29 is 4.79 Å². The number of hydrogen-bond acceptors (Lipinski definition) is 6. The first-order valence-electron chi connectivity index (χ1n) is 10.2. The number of aromatic nitrogens is 4. The van der Waals surface area contributed by atoms with Crippen molar-refractivity contribution in [1.29, 1.82) is 0 Å². The molecular formula is C23H22N6OS. The molecule has 2 aromatic heterocycles. The Morgan fingerprint density at radius 1 is 1.03 bits per heavy atom. The van der Waals surface area contributed by atoms with Gasteiger partial charge in [-0.1, -0.05) is 48.5 Å². The summed E-state index contributed by atoms with van der Waals surface area (Å²) in [5, 5.41) is 16.6. The average molecular weight is 431 g/mol. The number of para-hydroxylation sites is 1. The zero-order chi connectivity index (χ0) is 21.1. The van der Waals surface area contributed by atoms with Crippen molar-refractivity contribution in [2.75, 3.05) is 18.4 Å². The Morgan fingerprint density at radius 2 is 1.74 bits per heavy atom. The van der Waals surface area contributed by atoms with Gasteiger partial charge in [-0.3, -0.25) is 4.79 Å². The topological polar surface area (TPSA) is 86.8 Å². The van der Waals surface area contributed by atoms with Crippen molar-refractivity contribution in [2.24, 2.45) is 0 Å². The molecule has 1 aliphatic heterocycles. The molecule has 1 amide bonds. The number of thiazole rings is 1. The van der Waals surface area contributed by atoms with Gasteiger partial charge in [0.25, 0.3) is 5.91 Å². The van der Waals surface area contributed by atoms with Crippen LogP contribution in [-0.2, 0) is 5.41 Å². The van der Waals surface area contributed by atoms with E-state index in [1.165, 1.54) is 11.8 Å². The van der Waals surface area contributed by atoms with E-state index in [0.29, 0.717) is 18.8 Å². The zero-order valence-electron chi connectivity index (χ0n) is 16.9. The van der Waals surface area contributed by atoms with Crippen LogP contribution in [-0.4, -0.2) is 44.3 Å². The second kappa shape index (κ2) is 8.31. The van der Waals surface area contributed by atoms with E-state index in [1.54, 1.807) is 11.3 Å². The Balaban J connectivity index is 1.42. The smallest absolute Gasteiger partial charge is 0.276 e. The van der Waals surface area contributed by atoms with Gasteiger partial charge in [-0.25, -0.2) is 4.98 Å². The van der Waals surface area contributed by atoms with Crippen molar-refractivity contribution in [3.05, 3.63) is 89.2 Å². The van der Waals surface area contributed by atoms with E-state index in [4.69, 9.17) is 4.98 Å². The SMILES string of the molecule is O=C(c1cn[nH]n1)N1CCC(c2ccccc2)(c2csc(Nc3ccccc3)n2)CC1. The maximum Gasteiger partial charge on any atom is 0.276 e. The summed E-state index contributed by atoms with van der Waals surface area (Å²) in [6.45, 7) is 1.28. The Kier molecular flexibility index (Phi) is 5.21. The third-order valence-corrected chi connectivity index (χ3v) is 6.64. The first-order valence-corrected chi connectivity index (χ1v) is 11.1.